The number of nitrogens with one attached hydrogen (secondary N) is 1. The molecule has 1 rings (SSSR count). The second-order valence-corrected chi connectivity index (χ2v) is 4.03. The molecule has 0 bridgehead atoms. The molecule has 0 radical (unpaired) electrons. The number of anilines is 1. The van der Waals surface area contributed by atoms with Gasteiger partial charge in [0.05, 0.1) is 12.8 Å². The van der Waals surface area contributed by atoms with Crippen molar-refractivity contribution in [2.45, 2.75) is 13.0 Å². The highest BCUT2D eigenvalue weighted by Gasteiger charge is 2.11. The van der Waals surface area contributed by atoms with E-state index < -0.39 is 11.9 Å². The Morgan fingerprint density at radius 2 is 2.27 bits per heavy atom. The van der Waals surface area contributed by atoms with Crippen molar-refractivity contribution in [3.05, 3.63) is 22.7 Å². The zero-order valence-electron chi connectivity index (χ0n) is 8.58. The first kappa shape index (κ1) is 11.8. The Hall–Kier alpha value is -1.23. The van der Waals surface area contributed by atoms with Crippen LogP contribution in [0.3, 0.4) is 0 Å². The summed E-state index contributed by atoms with van der Waals surface area (Å²) in [6.45, 7) is 1.70. The van der Waals surface area contributed by atoms with Crippen LogP contribution in [0.2, 0.25) is 0 Å². The van der Waals surface area contributed by atoms with Crippen LogP contribution in [0.15, 0.2) is 22.7 Å². The maximum absolute atomic E-state index is 10.9. The summed E-state index contributed by atoms with van der Waals surface area (Å²) in [6.07, 6.45) is 0. The Morgan fingerprint density at radius 3 is 2.80 bits per heavy atom. The Balaban J connectivity index is 2.91. The molecule has 1 aromatic carbocycles. The number of halogens is 1. The zero-order chi connectivity index (χ0) is 11.4. The number of hydrogen-bond acceptors (Lipinski definition) is 3. The predicted molar refractivity (Wildman–Crippen MR) is 63.0 cm³/mol. The van der Waals surface area contributed by atoms with Crippen LogP contribution in [0.1, 0.15) is 6.92 Å². The van der Waals surface area contributed by atoms with Gasteiger partial charge in [0.2, 0.25) is 5.91 Å². The lowest BCUT2D eigenvalue weighted by Crippen LogP contribution is -2.32. The van der Waals surface area contributed by atoms with E-state index in [2.05, 4.69) is 21.2 Å². The Morgan fingerprint density at radius 1 is 1.60 bits per heavy atom. The van der Waals surface area contributed by atoms with E-state index in [1.165, 1.54) is 0 Å². The molecule has 15 heavy (non-hydrogen) atoms. The third kappa shape index (κ3) is 3.13. The van der Waals surface area contributed by atoms with E-state index >= 15 is 0 Å². The van der Waals surface area contributed by atoms with Crippen molar-refractivity contribution in [2.75, 3.05) is 12.4 Å². The average molecular weight is 273 g/mol. The number of primary amides is 1. The summed E-state index contributed by atoms with van der Waals surface area (Å²) in [4.78, 5) is 10.9. The van der Waals surface area contributed by atoms with E-state index in [4.69, 9.17) is 10.5 Å². The van der Waals surface area contributed by atoms with Gasteiger partial charge in [0.25, 0.3) is 0 Å². The number of hydrogen-bond donors (Lipinski definition) is 2. The van der Waals surface area contributed by atoms with Crippen LogP contribution in [0.4, 0.5) is 5.69 Å². The van der Waals surface area contributed by atoms with Crippen LogP contribution >= 0.6 is 15.9 Å². The van der Waals surface area contributed by atoms with Crippen molar-refractivity contribution in [1.29, 1.82) is 0 Å². The van der Waals surface area contributed by atoms with Crippen LogP contribution in [0.25, 0.3) is 0 Å². The number of nitrogens with two attached hydrogens (primary N) is 1. The summed E-state index contributed by atoms with van der Waals surface area (Å²) in [5.74, 6) is 0.267. The van der Waals surface area contributed by atoms with Crippen molar-refractivity contribution < 1.29 is 9.53 Å². The van der Waals surface area contributed by atoms with Crippen LogP contribution < -0.4 is 15.8 Å². The molecule has 0 heterocycles. The van der Waals surface area contributed by atoms with E-state index in [1.807, 2.05) is 12.1 Å². The standard InChI is InChI=1S/C10H13BrN2O2/c1-6(10(12)14)13-8-5-7(11)3-4-9(8)15-2/h3-6,13H,1-2H3,(H2,12,14). The molecule has 0 aliphatic heterocycles. The summed E-state index contributed by atoms with van der Waals surface area (Å²) in [6, 6.07) is 5.06. The largest absolute Gasteiger partial charge is 0.495 e. The molecule has 0 aliphatic rings. The average Bonchev–Trinajstić information content (AvgIpc) is 2.18. The lowest BCUT2D eigenvalue weighted by atomic mass is 10.2. The van der Waals surface area contributed by atoms with Crippen molar-refractivity contribution in [1.82, 2.24) is 0 Å². The normalized spacial score (nSPS) is 11.9. The number of ether oxygens (including phenoxy) is 1. The number of amides is 1. The molecule has 4 nitrogen and oxygen atoms in total. The molecule has 82 valence electrons. The fraction of sp³-hybridized carbons (Fsp3) is 0.300. The first-order chi connectivity index (χ1) is 7.04. The molecule has 3 N–H and O–H groups in total. The maximum atomic E-state index is 10.9. The molecule has 1 atom stereocenters. The second-order valence-electron chi connectivity index (χ2n) is 3.11. The van der Waals surface area contributed by atoms with Crippen LogP contribution in [0.5, 0.6) is 5.75 Å². The van der Waals surface area contributed by atoms with Gasteiger partial charge in [0, 0.05) is 4.47 Å². The van der Waals surface area contributed by atoms with E-state index in [1.54, 1.807) is 20.1 Å². The molecule has 0 saturated heterocycles. The van der Waals surface area contributed by atoms with Gasteiger partial charge < -0.3 is 15.8 Å². The molecule has 5 heteroatoms. The van der Waals surface area contributed by atoms with Gasteiger partial charge in [0.15, 0.2) is 0 Å². The molecule has 0 aliphatic carbocycles. The molecule has 0 aromatic heterocycles. The van der Waals surface area contributed by atoms with Crippen LogP contribution in [-0.2, 0) is 4.79 Å². The lowest BCUT2D eigenvalue weighted by Gasteiger charge is -2.15. The molecule has 1 amide bonds. The highest BCUT2D eigenvalue weighted by atomic mass is 79.9. The van der Waals surface area contributed by atoms with E-state index in [0.717, 1.165) is 10.2 Å². The van der Waals surface area contributed by atoms with Crippen molar-refractivity contribution >= 4 is 27.5 Å². The minimum absolute atomic E-state index is 0.406. The molecular weight excluding hydrogens is 260 g/mol. The van der Waals surface area contributed by atoms with Gasteiger partial charge in [-0.3, -0.25) is 4.79 Å². The third-order valence-corrected chi connectivity index (χ3v) is 2.45. The highest BCUT2D eigenvalue weighted by Crippen LogP contribution is 2.28. The number of carbonyl (C=O) groups is 1. The SMILES string of the molecule is COc1ccc(Br)cc1NC(C)C(N)=O. The number of carbonyl (C=O) groups excluding carboxylic acids is 1. The second kappa shape index (κ2) is 5.02. The number of methoxy groups -OCH3 is 1. The fourth-order valence-corrected chi connectivity index (χ4v) is 1.46. The topological polar surface area (TPSA) is 64.3 Å². The first-order valence-electron chi connectivity index (χ1n) is 4.44. The first-order valence-corrected chi connectivity index (χ1v) is 5.23. The van der Waals surface area contributed by atoms with Gasteiger partial charge >= 0.3 is 0 Å². The van der Waals surface area contributed by atoms with Crippen LogP contribution in [-0.4, -0.2) is 19.1 Å². The molecule has 0 spiro atoms. The minimum atomic E-state index is -0.437. The molecule has 1 aromatic rings. The predicted octanol–water partition coefficient (Wildman–Crippen LogP) is 1.74. The summed E-state index contributed by atoms with van der Waals surface area (Å²) in [7, 11) is 1.57. The van der Waals surface area contributed by atoms with Gasteiger partial charge in [0.1, 0.15) is 11.8 Å². The molecule has 0 fully saturated rings. The molecular formula is C10H13BrN2O2. The van der Waals surface area contributed by atoms with Gasteiger partial charge in [-0.15, -0.1) is 0 Å². The monoisotopic (exact) mass is 272 g/mol. The summed E-state index contributed by atoms with van der Waals surface area (Å²) in [5.41, 5.74) is 5.89. The summed E-state index contributed by atoms with van der Waals surface area (Å²) < 4.78 is 6.05. The fourth-order valence-electron chi connectivity index (χ4n) is 1.10. The quantitative estimate of drug-likeness (QED) is 0.878. The number of benzene rings is 1. The highest BCUT2D eigenvalue weighted by molar-refractivity contribution is 9.10. The number of rotatable bonds is 4. The van der Waals surface area contributed by atoms with Crippen LogP contribution in [0, 0.1) is 0 Å². The maximum Gasteiger partial charge on any atom is 0.239 e. The van der Waals surface area contributed by atoms with E-state index in [9.17, 15) is 4.79 Å². The summed E-state index contributed by atoms with van der Waals surface area (Å²) in [5, 5.41) is 2.97. The van der Waals surface area contributed by atoms with Gasteiger partial charge in [-0.25, -0.2) is 0 Å². The Labute approximate surface area is 96.9 Å². The molecule has 0 saturated carbocycles. The van der Waals surface area contributed by atoms with Gasteiger partial charge in [-0.2, -0.15) is 0 Å². The summed E-state index contributed by atoms with van der Waals surface area (Å²) >= 11 is 3.34. The van der Waals surface area contributed by atoms with Crippen molar-refractivity contribution in [3.63, 3.8) is 0 Å². The molecule has 1 unspecified atom stereocenters. The Bertz CT molecular complexity index is 368. The van der Waals surface area contributed by atoms with Gasteiger partial charge in [-0.05, 0) is 25.1 Å². The minimum Gasteiger partial charge on any atom is -0.495 e. The van der Waals surface area contributed by atoms with E-state index in [-0.39, 0.29) is 0 Å². The lowest BCUT2D eigenvalue weighted by molar-refractivity contribution is -0.118. The van der Waals surface area contributed by atoms with Crippen molar-refractivity contribution in [3.8, 4) is 5.75 Å². The third-order valence-electron chi connectivity index (χ3n) is 1.96. The Kier molecular flexibility index (Phi) is 3.96. The van der Waals surface area contributed by atoms with Crippen molar-refractivity contribution in [2.24, 2.45) is 5.73 Å². The van der Waals surface area contributed by atoms with Gasteiger partial charge in [-0.1, -0.05) is 15.9 Å². The zero-order valence-corrected chi connectivity index (χ0v) is 10.2. The van der Waals surface area contributed by atoms with E-state index in [0.29, 0.717) is 5.75 Å². The smallest absolute Gasteiger partial charge is 0.239 e.